The van der Waals surface area contributed by atoms with Gasteiger partial charge in [-0.25, -0.2) is 4.68 Å². The predicted octanol–water partition coefficient (Wildman–Crippen LogP) is 1.36. The van der Waals surface area contributed by atoms with Crippen LogP contribution in [0.15, 0.2) is 41.5 Å². The second-order valence-corrected chi connectivity index (χ2v) is 9.41. The van der Waals surface area contributed by atoms with Crippen molar-refractivity contribution < 1.29 is 8.42 Å². The van der Waals surface area contributed by atoms with E-state index in [9.17, 15) is 13.2 Å². The van der Waals surface area contributed by atoms with Crippen molar-refractivity contribution in [2.75, 3.05) is 26.2 Å². The predicted molar refractivity (Wildman–Crippen MR) is 106 cm³/mol. The maximum Gasteiger partial charge on any atom is 0.281 e. The van der Waals surface area contributed by atoms with Gasteiger partial charge in [0.25, 0.3) is 15.8 Å². The number of hydrogen-bond acceptors (Lipinski definition) is 5. The van der Waals surface area contributed by atoms with Crippen LogP contribution in [0.3, 0.4) is 0 Å². The fraction of sp³-hybridized carbons (Fsp3) is 0.526. The third kappa shape index (κ3) is 4.01. The molecule has 0 unspecified atom stereocenters. The van der Waals surface area contributed by atoms with Gasteiger partial charge in [-0.2, -0.15) is 22.1 Å². The summed E-state index contributed by atoms with van der Waals surface area (Å²) in [6.07, 6.45) is 7.41. The minimum absolute atomic E-state index is 0.0969. The smallest absolute Gasteiger partial charge is 0.268 e. The first kappa shape index (κ1) is 19.2. The van der Waals surface area contributed by atoms with Crippen LogP contribution in [0.2, 0.25) is 0 Å². The molecule has 2 aromatic heterocycles. The van der Waals surface area contributed by atoms with Crippen molar-refractivity contribution in [1.82, 2.24) is 23.4 Å². The number of aromatic nitrogens is 3. The molecular weight excluding hydrogens is 378 g/mol. The molecule has 0 radical (unpaired) electrons. The highest BCUT2D eigenvalue weighted by Gasteiger charge is 2.39. The van der Waals surface area contributed by atoms with Crippen LogP contribution in [0.1, 0.15) is 25.7 Å². The van der Waals surface area contributed by atoms with Gasteiger partial charge < -0.3 is 0 Å². The maximum absolute atomic E-state index is 12.8. The molecule has 4 rings (SSSR count). The average Bonchev–Trinajstić information content (AvgIpc) is 2.96. The van der Waals surface area contributed by atoms with E-state index in [-0.39, 0.29) is 11.5 Å². The van der Waals surface area contributed by atoms with Gasteiger partial charge in [0.1, 0.15) is 0 Å². The quantitative estimate of drug-likeness (QED) is 0.752. The molecule has 0 N–H and O–H groups in total. The average molecular weight is 404 g/mol. The summed E-state index contributed by atoms with van der Waals surface area (Å²) in [4.78, 5) is 16.2. The van der Waals surface area contributed by atoms with Crippen molar-refractivity contribution in [2.24, 2.45) is 5.92 Å². The third-order valence-electron chi connectivity index (χ3n) is 5.42. The van der Waals surface area contributed by atoms with Crippen molar-refractivity contribution in [3.8, 4) is 11.3 Å². The Kier molecular flexibility index (Phi) is 5.56. The van der Waals surface area contributed by atoms with Crippen molar-refractivity contribution >= 4 is 10.2 Å². The summed E-state index contributed by atoms with van der Waals surface area (Å²) in [6, 6.07) is 6.89. The van der Waals surface area contributed by atoms with Crippen LogP contribution in [-0.2, 0) is 16.8 Å². The lowest BCUT2D eigenvalue weighted by molar-refractivity contribution is 0.161. The molecule has 0 bridgehead atoms. The van der Waals surface area contributed by atoms with Crippen molar-refractivity contribution in [3.05, 3.63) is 47.0 Å². The molecule has 0 aromatic carbocycles. The van der Waals surface area contributed by atoms with Crippen LogP contribution >= 0.6 is 0 Å². The van der Waals surface area contributed by atoms with Gasteiger partial charge in [-0.3, -0.25) is 9.78 Å². The molecule has 28 heavy (non-hydrogen) atoms. The molecule has 9 heteroatoms. The van der Waals surface area contributed by atoms with Crippen LogP contribution < -0.4 is 5.56 Å². The Balaban J connectivity index is 1.41. The van der Waals surface area contributed by atoms with Gasteiger partial charge in [-0.05, 0) is 31.0 Å². The summed E-state index contributed by atoms with van der Waals surface area (Å²) in [5.74, 6) is 0.0969. The van der Waals surface area contributed by atoms with Gasteiger partial charge in [0.2, 0.25) is 0 Å². The SMILES string of the molecule is O=c1ccc(-c2ccncc2)nn1CC1CN(S(=O)(=O)N2CCCCCC2)C1. The van der Waals surface area contributed by atoms with E-state index in [0.29, 0.717) is 38.4 Å². The summed E-state index contributed by atoms with van der Waals surface area (Å²) in [6.45, 7) is 2.51. The Morgan fingerprint density at radius 1 is 0.929 bits per heavy atom. The van der Waals surface area contributed by atoms with Crippen molar-refractivity contribution in [3.63, 3.8) is 0 Å². The molecule has 0 amide bonds. The highest BCUT2D eigenvalue weighted by atomic mass is 32.2. The summed E-state index contributed by atoms with van der Waals surface area (Å²) >= 11 is 0. The second kappa shape index (κ2) is 8.10. The van der Waals surface area contributed by atoms with Crippen LogP contribution in [0.5, 0.6) is 0 Å². The normalized spacial score (nSPS) is 19.9. The largest absolute Gasteiger partial charge is 0.281 e. The molecule has 2 fully saturated rings. The fourth-order valence-corrected chi connectivity index (χ4v) is 5.61. The first-order valence-electron chi connectivity index (χ1n) is 9.78. The van der Waals surface area contributed by atoms with E-state index in [1.54, 1.807) is 22.8 Å². The van der Waals surface area contributed by atoms with Gasteiger partial charge in [-0.15, -0.1) is 0 Å². The molecular formula is C19H25N5O3S. The van der Waals surface area contributed by atoms with Gasteiger partial charge in [0.15, 0.2) is 0 Å². The van der Waals surface area contributed by atoms with E-state index in [4.69, 9.17) is 0 Å². The molecule has 0 aliphatic carbocycles. The molecule has 150 valence electrons. The van der Waals surface area contributed by atoms with Crippen molar-refractivity contribution in [1.29, 1.82) is 0 Å². The van der Waals surface area contributed by atoms with Gasteiger partial charge in [-0.1, -0.05) is 12.8 Å². The molecule has 0 saturated carbocycles. The molecule has 2 aliphatic rings. The zero-order valence-electron chi connectivity index (χ0n) is 15.8. The lowest BCUT2D eigenvalue weighted by atomic mass is 10.0. The molecule has 4 heterocycles. The van der Waals surface area contributed by atoms with Crippen LogP contribution in [0.25, 0.3) is 11.3 Å². The Morgan fingerprint density at radius 3 is 2.29 bits per heavy atom. The molecule has 0 spiro atoms. The van der Waals surface area contributed by atoms with E-state index in [0.717, 1.165) is 31.2 Å². The topological polar surface area (TPSA) is 88.4 Å². The van der Waals surface area contributed by atoms with E-state index < -0.39 is 10.2 Å². The maximum atomic E-state index is 12.8. The minimum atomic E-state index is -3.38. The van der Waals surface area contributed by atoms with E-state index in [1.165, 1.54) is 15.1 Å². The lowest BCUT2D eigenvalue weighted by Gasteiger charge is -2.40. The first-order chi connectivity index (χ1) is 13.5. The Morgan fingerprint density at radius 2 is 1.61 bits per heavy atom. The van der Waals surface area contributed by atoms with Crippen LogP contribution in [0.4, 0.5) is 0 Å². The van der Waals surface area contributed by atoms with Crippen LogP contribution in [0, 0.1) is 5.92 Å². The zero-order valence-corrected chi connectivity index (χ0v) is 16.6. The van der Waals surface area contributed by atoms with E-state index in [2.05, 4.69) is 10.1 Å². The van der Waals surface area contributed by atoms with Gasteiger partial charge >= 0.3 is 0 Å². The van der Waals surface area contributed by atoms with Crippen LogP contribution in [-0.4, -0.2) is 58.0 Å². The van der Waals surface area contributed by atoms with E-state index in [1.807, 2.05) is 12.1 Å². The molecule has 2 aliphatic heterocycles. The van der Waals surface area contributed by atoms with Gasteiger partial charge in [0, 0.05) is 56.1 Å². The summed E-state index contributed by atoms with van der Waals surface area (Å²) in [7, 11) is -3.38. The Bertz CT molecular complexity index is 963. The Hall–Kier alpha value is -2.10. The zero-order chi connectivity index (χ0) is 19.6. The first-order valence-corrected chi connectivity index (χ1v) is 11.2. The standard InChI is InChI=1S/C19H25N5O3S/c25-19-6-5-18(17-7-9-20-10-8-17)21-24(19)15-16-13-23(14-16)28(26,27)22-11-3-1-2-4-12-22/h5-10,16H,1-4,11-15H2. The molecule has 0 atom stereocenters. The number of pyridine rings is 1. The summed E-state index contributed by atoms with van der Waals surface area (Å²) in [5.41, 5.74) is 1.42. The number of rotatable bonds is 5. The second-order valence-electron chi connectivity index (χ2n) is 7.48. The fourth-order valence-electron chi connectivity index (χ4n) is 3.76. The minimum Gasteiger partial charge on any atom is -0.268 e. The third-order valence-corrected chi connectivity index (χ3v) is 7.38. The summed E-state index contributed by atoms with van der Waals surface area (Å²) in [5, 5.41) is 4.45. The van der Waals surface area contributed by atoms with Gasteiger partial charge in [0.05, 0.1) is 12.2 Å². The highest BCUT2D eigenvalue weighted by molar-refractivity contribution is 7.86. The monoisotopic (exact) mass is 403 g/mol. The number of nitrogens with zero attached hydrogens (tertiary/aromatic N) is 5. The summed E-state index contributed by atoms with van der Waals surface area (Å²) < 4.78 is 30.2. The van der Waals surface area contributed by atoms with E-state index >= 15 is 0 Å². The van der Waals surface area contributed by atoms with Crippen molar-refractivity contribution in [2.45, 2.75) is 32.2 Å². The number of hydrogen-bond donors (Lipinski definition) is 0. The molecule has 2 aromatic rings. The molecule has 2 saturated heterocycles. The molecule has 8 nitrogen and oxygen atoms in total. The Labute approximate surface area is 165 Å². The lowest BCUT2D eigenvalue weighted by Crippen LogP contribution is -2.56. The highest BCUT2D eigenvalue weighted by Crippen LogP contribution is 2.25.